The fraction of sp³-hybridized carbons (Fsp3) is 0.0968. The molecule has 12 heteroatoms. The number of halogens is 3. The Morgan fingerprint density at radius 2 is 1.12 bits per heavy atom. The van der Waals surface area contributed by atoms with E-state index in [1.807, 2.05) is 6.07 Å². The van der Waals surface area contributed by atoms with Crippen LogP contribution in [-0.2, 0) is 19.3 Å². The van der Waals surface area contributed by atoms with Crippen LogP contribution < -0.4 is 4.74 Å². The Kier molecular flexibility index (Phi) is 8.79. The van der Waals surface area contributed by atoms with Crippen molar-refractivity contribution in [2.24, 2.45) is 0 Å². The van der Waals surface area contributed by atoms with Crippen LogP contribution in [0.4, 0.5) is 13.2 Å². The number of para-hydroxylation sites is 1. The molecule has 0 radical (unpaired) electrons. The van der Waals surface area contributed by atoms with Crippen molar-refractivity contribution in [1.29, 1.82) is 0 Å². The molecule has 0 bridgehead atoms. The second-order valence-corrected chi connectivity index (χ2v) is 9.28. The number of ether oxygens (including phenoxy) is 1. The number of hydrogen-bond acceptors (Lipinski definition) is 5. The zero-order valence-corrected chi connectivity index (χ0v) is 22.0. The second kappa shape index (κ2) is 12.5. The van der Waals surface area contributed by atoms with E-state index in [9.17, 15) is 47.7 Å². The highest BCUT2D eigenvalue weighted by molar-refractivity contribution is 6.10. The third-order valence-corrected chi connectivity index (χ3v) is 6.27. The predicted molar refractivity (Wildman–Crippen MR) is 145 cm³/mol. The molecule has 4 aromatic rings. The lowest BCUT2D eigenvalue weighted by Gasteiger charge is -2.25. The number of benzene rings is 4. The average Bonchev–Trinajstić information content (AvgIpc) is 2.96. The van der Waals surface area contributed by atoms with Gasteiger partial charge in [0, 0.05) is 13.1 Å². The summed E-state index contributed by atoms with van der Waals surface area (Å²) in [5.74, 6) is -5.17. The van der Waals surface area contributed by atoms with Gasteiger partial charge in [0.15, 0.2) is 0 Å². The first-order chi connectivity index (χ1) is 20.3. The number of carboxylic acids is 3. The molecule has 3 N–H and O–H groups in total. The molecule has 0 aliphatic rings. The van der Waals surface area contributed by atoms with Gasteiger partial charge in [0.25, 0.3) is 5.91 Å². The molecule has 0 aliphatic heterocycles. The number of hydrogen-bond donors (Lipinski definition) is 3. The highest BCUT2D eigenvalue weighted by Crippen LogP contribution is 2.30. The Hall–Kier alpha value is -5.65. The quantitative estimate of drug-likeness (QED) is 0.191. The molecular formula is C31H22F3NO8. The maximum absolute atomic E-state index is 13.8. The lowest BCUT2D eigenvalue weighted by Crippen LogP contribution is -2.32. The van der Waals surface area contributed by atoms with E-state index in [0.717, 1.165) is 23.1 Å². The summed E-state index contributed by atoms with van der Waals surface area (Å²) in [5, 5.41) is 28.7. The van der Waals surface area contributed by atoms with Gasteiger partial charge in [0.2, 0.25) is 0 Å². The monoisotopic (exact) mass is 593 g/mol. The van der Waals surface area contributed by atoms with E-state index in [2.05, 4.69) is 0 Å². The first kappa shape index (κ1) is 30.3. The zero-order chi connectivity index (χ0) is 31.3. The highest BCUT2D eigenvalue weighted by Gasteiger charge is 2.31. The summed E-state index contributed by atoms with van der Waals surface area (Å²) in [7, 11) is 0. The van der Waals surface area contributed by atoms with Crippen molar-refractivity contribution in [2.45, 2.75) is 19.3 Å². The standard InChI is InChI=1S/C31H22F3NO8/c32-31(33,34)20-6-4-5-19(13-20)17-35(16-18-9-11-22(12-10-18)43-21-7-2-1-3-8-21)27(36)23-14-25(29(39)40)26(30(41)42)15-24(23)28(37)38/h1-15H,16-17H2,(H,37,38)(H,39,40)(H,41,42). The van der Waals surface area contributed by atoms with E-state index < -0.39 is 64.4 Å². The normalized spacial score (nSPS) is 11.0. The summed E-state index contributed by atoms with van der Waals surface area (Å²) in [4.78, 5) is 50.2. The molecule has 0 saturated heterocycles. The predicted octanol–water partition coefficient (Wildman–Crippen LogP) is 6.43. The van der Waals surface area contributed by atoms with Crippen LogP contribution in [0, 0.1) is 0 Å². The summed E-state index contributed by atoms with van der Waals surface area (Å²) < 4.78 is 45.9. The topological polar surface area (TPSA) is 141 Å². The fourth-order valence-electron chi connectivity index (χ4n) is 4.25. The van der Waals surface area contributed by atoms with Crippen molar-refractivity contribution in [3.63, 3.8) is 0 Å². The number of carboxylic acid groups (broad SMARTS) is 3. The molecule has 0 aromatic heterocycles. The maximum atomic E-state index is 13.8. The van der Waals surface area contributed by atoms with Crippen molar-refractivity contribution in [1.82, 2.24) is 4.90 Å². The number of alkyl halides is 3. The number of amides is 1. The molecule has 0 saturated carbocycles. The molecule has 9 nitrogen and oxygen atoms in total. The molecule has 220 valence electrons. The molecule has 4 rings (SSSR count). The maximum Gasteiger partial charge on any atom is 0.416 e. The average molecular weight is 594 g/mol. The minimum Gasteiger partial charge on any atom is -0.478 e. The fourth-order valence-corrected chi connectivity index (χ4v) is 4.25. The molecule has 0 unspecified atom stereocenters. The van der Waals surface area contributed by atoms with Crippen molar-refractivity contribution in [3.8, 4) is 11.5 Å². The van der Waals surface area contributed by atoms with E-state index in [4.69, 9.17) is 4.74 Å². The van der Waals surface area contributed by atoms with Crippen LogP contribution in [0.1, 0.15) is 58.1 Å². The lowest BCUT2D eigenvalue weighted by atomic mass is 9.96. The van der Waals surface area contributed by atoms with Gasteiger partial charge in [0.1, 0.15) is 11.5 Å². The number of aromatic carboxylic acids is 3. The summed E-state index contributed by atoms with van der Waals surface area (Å²) in [5.41, 5.74) is -3.53. The highest BCUT2D eigenvalue weighted by atomic mass is 19.4. The van der Waals surface area contributed by atoms with E-state index in [1.54, 1.807) is 48.5 Å². The molecule has 4 aromatic carbocycles. The SMILES string of the molecule is O=C(O)c1cc(C(=O)O)c(C(=O)N(Cc2ccc(Oc3ccccc3)cc2)Cc2cccc(C(F)(F)F)c2)cc1C(=O)O. The summed E-state index contributed by atoms with van der Waals surface area (Å²) in [6.07, 6.45) is -4.67. The summed E-state index contributed by atoms with van der Waals surface area (Å²) in [6, 6.07) is 20.7. The Bertz CT molecular complexity index is 1690. The van der Waals surface area contributed by atoms with Crippen LogP contribution in [0.3, 0.4) is 0 Å². The van der Waals surface area contributed by atoms with Gasteiger partial charge in [-0.3, -0.25) is 4.79 Å². The Morgan fingerprint density at radius 1 is 0.605 bits per heavy atom. The number of nitrogens with zero attached hydrogens (tertiary/aromatic N) is 1. The third kappa shape index (κ3) is 7.36. The van der Waals surface area contributed by atoms with E-state index in [1.165, 1.54) is 6.07 Å². The van der Waals surface area contributed by atoms with Crippen LogP contribution >= 0.6 is 0 Å². The second-order valence-electron chi connectivity index (χ2n) is 9.28. The molecule has 1 amide bonds. The van der Waals surface area contributed by atoms with Crippen LogP contribution in [0.2, 0.25) is 0 Å². The first-order valence-corrected chi connectivity index (χ1v) is 12.5. The number of carbonyl (C=O) groups is 4. The van der Waals surface area contributed by atoms with Gasteiger partial charge in [-0.25, -0.2) is 14.4 Å². The van der Waals surface area contributed by atoms with Gasteiger partial charge >= 0.3 is 24.1 Å². The smallest absolute Gasteiger partial charge is 0.416 e. The molecule has 43 heavy (non-hydrogen) atoms. The van der Waals surface area contributed by atoms with Gasteiger partial charge in [-0.2, -0.15) is 13.2 Å². The number of carbonyl (C=O) groups excluding carboxylic acids is 1. The molecule has 0 spiro atoms. The molecule has 0 atom stereocenters. The van der Waals surface area contributed by atoms with Crippen molar-refractivity contribution >= 4 is 23.8 Å². The van der Waals surface area contributed by atoms with Gasteiger partial charge in [0.05, 0.1) is 27.8 Å². The molecule has 0 heterocycles. The third-order valence-electron chi connectivity index (χ3n) is 6.27. The molecular weight excluding hydrogens is 571 g/mol. The Balaban J connectivity index is 1.74. The minimum absolute atomic E-state index is 0.0599. The van der Waals surface area contributed by atoms with E-state index in [-0.39, 0.29) is 12.1 Å². The Labute approximate surface area is 242 Å². The van der Waals surface area contributed by atoms with E-state index in [0.29, 0.717) is 29.2 Å². The van der Waals surface area contributed by atoms with Gasteiger partial charge in [-0.15, -0.1) is 0 Å². The largest absolute Gasteiger partial charge is 0.478 e. The summed E-state index contributed by atoms with van der Waals surface area (Å²) in [6.45, 7) is -0.657. The van der Waals surface area contributed by atoms with Crippen molar-refractivity contribution < 1.29 is 52.4 Å². The zero-order valence-electron chi connectivity index (χ0n) is 22.0. The van der Waals surface area contributed by atoms with Crippen molar-refractivity contribution in [3.05, 3.63) is 130 Å². The van der Waals surface area contributed by atoms with Crippen LogP contribution in [-0.4, -0.2) is 44.0 Å². The van der Waals surface area contributed by atoms with Crippen LogP contribution in [0.5, 0.6) is 11.5 Å². The molecule has 0 aliphatic carbocycles. The van der Waals surface area contributed by atoms with Crippen LogP contribution in [0.25, 0.3) is 0 Å². The van der Waals surface area contributed by atoms with Crippen LogP contribution in [0.15, 0.2) is 91.0 Å². The van der Waals surface area contributed by atoms with E-state index >= 15 is 0 Å². The van der Waals surface area contributed by atoms with Gasteiger partial charge in [-0.05, 0) is 59.7 Å². The van der Waals surface area contributed by atoms with Crippen molar-refractivity contribution in [2.75, 3.05) is 0 Å². The minimum atomic E-state index is -4.67. The molecule has 0 fully saturated rings. The van der Waals surface area contributed by atoms with Gasteiger partial charge in [-0.1, -0.05) is 42.5 Å². The summed E-state index contributed by atoms with van der Waals surface area (Å²) >= 11 is 0. The number of rotatable bonds is 10. The van der Waals surface area contributed by atoms with Gasteiger partial charge < -0.3 is 25.0 Å². The first-order valence-electron chi connectivity index (χ1n) is 12.5. The lowest BCUT2D eigenvalue weighted by molar-refractivity contribution is -0.137. The Morgan fingerprint density at radius 3 is 1.67 bits per heavy atom.